The predicted molar refractivity (Wildman–Crippen MR) is 78.8 cm³/mol. The highest BCUT2D eigenvalue weighted by Crippen LogP contribution is 2.22. The third-order valence-electron chi connectivity index (χ3n) is 3.28. The number of hydrogen-bond acceptors (Lipinski definition) is 3. The first kappa shape index (κ1) is 13.2. The van der Waals surface area contributed by atoms with Crippen LogP contribution in [0.15, 0.2) is 63.8 Å². The average molecular weight is 281 g/mol. The molecular formula is C17H15NO3. The Hall–Kier alpha value is -2.75. The summed E-state index contributed by atoms with van der Waals surface area (Å²) in [5.41, 5.74) is 2.51. The molecule has 3 aromatic rings. The molecule has 0 unspecified atom stereocenters. The highest BCUT2D eigenvalue weighted by Gasteiger charge is 2.10. The fourth-order valence-electron chi connectivity index (χ4n) is 2.12. The first-order valence-corrected chi connectivity index (χ1v) is 6.69. The zero-order valence-corrected chi connectivity index (χ0v) is 11.6. The molecule has 3 rings (SSSR count). The van der Waals surface area contributed by atoms with E-state index >= 15 is 0 Å². The van der Waals surface area contributed by atoms with E-state index in [1.807, 2.05) is 49.4 Å². The van der Waals surface area contributed by atoms with Crippen LogP contribution in [0.3, 0.4) is 0 Å². The Morgan fingerprint density at radius 1 is 1.14 bits per heavy atom. The summed E-state index contributed by atoms with van der Waals surface area (Å²) < 4.78 is 10.7. The molecule has 0 fully saturated rings. The van der Waals surface area contributed by atoms with Crippen molar-refractivity contribution in [3.8, 4) is 11.3 Å². The molecule has 0 saturated carbocycles. The molecule has 2 heterocycles. The van der Waals surface area contributed by atoms with Crippen molar-refractivity contribution >= 4 is 5.91 Å². The maximum absolute atomic E-state index is 12.1. The first-order valence-electron chi connectivity index (χ1n) is 6.69. The van der Waals surface area contributed by atoms with Gasteiger partial charge in [0.15, 0.2) is 0 Å². The van der Waals surface area contributed by atoms with Gasteiger partial charge in [0.2, 0.25) is 0 Å². The number of furan rings is 2. The third-order valence-corrected chi connectivity index (χ3v) is 3.28. The number of rotatable bonds is 4. The minimum Gasteiger partial charge on any atom is -0.472 e. The van der Waals surface area contributed by atoms with Gasteiger partial charge in [-0.3, -0.25) is 4.79 Å². The van der Waals surface area contributed by atoms with E-state index in [0.29, 0.717) is 17.9 Å². The summed E-state index contributed by atoms with van der Waals surface area (Å²) in [6.45, 7) is 2.27. The molecule has 2 aromatic heterocycles. The summed E-state index contributed by atoms with van der Waals surface area (Å²) in [4.78, 5) is 12.1. The van der Waals surface area contributed by atoms with Crippen LogP contribution in [0.5, 0.6) is 0 Å². The van der Waals surface area contributed by atoms with Crippen molar-refractivity contribution in [1.29, 1.82) is 0 Å². The molecule has 0 spiro atoms. The van der Waals surface area contributed by atoms with Crippen molar-refractivity contribution in [3.05, 3.63) is 71.9 Å². The Bertz CT molecular complexity index is 741. The molecule has 0 atom stereocenters. The van der Waals surface area contributed by atoms with Gasteiger partial charge in [-0.15, -0.1) is 0 Å². The van der Waals surface area contributed by atoms with Gasteiger partial charge in [-0.2, -0.15) is 0 Å². The van der Waals surface area contributed by atoms with Gasteiger partial charge in [0, 0.05) is 5.56 Å². The van der Waals surface area contributed by atoms with Crippen LogP contribution in [0.2, 0.25) is 0 Å². The maximum Gasteiger partial charge on any atom is 0.251 e. The zero-order valence-electron chi connectivity index (χ0n) is 11.6. The van der Waals surface area contributed by atoms with Gasteiger partial charge in [0.25, 0.3) is 5.91 Å². The molecule has 1 amide bonds. The SMILES string of the molecule is Cc1ccccc1C(=O)NCc1ccc(-c2ccoc2)o1. The summed E-state index contributed by atoms with van der Waals surface area (Å²) in [5, 5.41) is 2.86. The van der Waals surface area contributed by atoms with Gasteiger partial charge >= 0.3 is 0 Å². The predicted octanol–water partition coefficient (Wildman–Crippen LogP) is 3.78. The van der Waals surface area contributed by atoms with E-state index in [1.165, 1.54) is 0 Å². The van der Waals surface area contributed by atoms with Crippen molar-refractivity contribution in [2.24, 2.45) is 0 Å². The summed E-state index contributed by atoms with van der Waals surface area (Å²) in [5.74, 6) is 1.33. The second-order valence-electron chi connectivity index (χ2n) is 4.78. The topological polar surface area (TPSA) is 55.4 Å². The summed E-state index contributed by atoms with van der Waals surface area (Å²) in [7, 11) is 0. The molecule has 0 aliphatic carbocycles. The first-order chi connectivity index (χ1) is 10.2. The number of benzene rings is 1. The zero-order chi connectivity index (χ0) is 14.7. The molecule has 0 aliphatic rings. The molecule has 0 bridgehead atoms. The highest BCUT2D eigenvalue weighted by molar-refractivity contribution is 5.95. The maximum atomic E-state index is 12.1. The van der Waals surface area contributed by atoms with Gasteiger partial charge < -0.3 is 14.2 Å². The number of carbonyl (C=O) groups excluding carboxylic acids is 1. The molecule has 106 valence electrons. The van der Waals surface area contributed by atoms with Crippen LogP contribution in [-0.4, -0.2) is 5.91 Å². The van der Waals surface area contributed by atoms with Crippen molar-refractivity contribution < 1.29 is 13.6 Å². The highest BCUT2D eigenvalue weighted by atomic mass is 16.3. The van der Waals surface area contributed by atoms with Gasteiger partial charge in [-0.05, 0) is 36.8 Å². The van der Waals surface area contributed by atoms with E-state index in [1.54, 1.807) is 12.5 Å². The van der Waals surface area contributed by atoms with Gasteiger partial charge in [-0.25, -0.2) is 0 Å². The second kappa shape index (κ2) is 5.71. The van der Waals surface area contributed by atoms with Crippen LogP contribution >= 0.6 is 0 Å². The largest absolute Gasteiger partial charge is 0.472 e. The fourth-order valence-corrected chi connectivity index (χ4v) is 2.12. The molecule has 0 aliphatic heterocycles. The second-order valence-corrected chi connectivity index (χ2v) is 4.78. The van der Waals surface area contributed by atoms with Crippen LogP contribution in [-0.2, 0) is 6.54 Å². The lowest BCUT2D eigenvalue weighted by atomic mass is 10.1. The van der Waals surface area contributed by atoms with Crippen LogP contribution in [0.1, 0.15) is 21.7 Å². The third kappa shape index (κ3) is 2.89. The smallest absolute Gasteiger partial charge is 0.251 e. The van der Waals surface area contributed by atoms with Crippen molar-refractivity contribution in [1.82, 2.24) is 5.32 Å². The Balaban J connectivity index is 1.66. The minimum absolute atomic E-state index is 0.102. The average Bonchev–Trinajstić information content (AvgIpc) is 3.16. The van der Waals surface area contributed by atoms with Gasteiger partial charge in [0.05, 0.1) is 18.4 Å². The van der Waals surface area contributed by atoms with E-state index < -0.39 is 0 Å². The Labute approximate surface area is 122 Å². The van der Waals surface area contributed by atoms with Crippen LogP contribution < -0.4 is 5.32 Å². The number of hydrogen-bond donors (Lipinski definition) is 1. The normalized spacial score (nSPS) is 10.5. The molecule has 21 heavy (non-hydrogen) atoms. The van der Waals surface area contributed by atoms with E-state index in [4.69, 9.17) is 8.83 Å². The number of amides is 1. The Morgan fingerprint density at radius 2 is 2.00 bits per heavy atom. The quantitative estimate of drug-likeness (QED) is 0.791. The molecule has 4 heteroatoms. The standard InChI is InChI=1S/C17H15NO3/c1-12-4-2-3-5-15(12)17(19)18-10-14-6-7-16(21-14)13-8-9-20-11-13/h2-9,11H,10H2,1H3,(H,18,19). The molecule has 0 saturated heterocycles. The minimum atomic E-state index is -0.102. The molecule has 4 nitrogen and oxygen atoms in total. The van der Waals surface area contributed by atoms with Crippen molar-refractivity contribution in [2.75, 3.05) is 0 Å². The Morgan fingerprint density at radius 3 is 2.76 bits per heavy atom. The van der Waals surface area contributed by atoms with Crippen LogP contribution in [0, 0.1) is 6.92 Å². The molecule has 1 N–H and O–H groups in total. The van der Waals surface area contributed by atoms with E-state index in [2.05, 4.69) is 5.32 Å². The van der Waals surface area contributed by atoms with E-state index in [0.717, 1.165) is 16.9 Å². The summed E-state index contributed by atoms with van der Waals surface area (Å²) in [6, 6.07) is 13.0. The van der Waals surface area contributed by atoms with E-state index in [9.17, 15) is 4.79 Å². The lowest BCUT2D eigenvalue weighted by molar-refractivity contribution is 0.0947. The number of nitrogens with one attached hydrogen (secondary N) is 1. The molecule has 0 radical (unpaired) electrons. The number of aryl methyl sites for hydroxylation is 1. The molecule has 1 aromatic carbocycles. The number of carbonyl (C=O) groups is 1. The van der Waals surface area contributed by atoms with E-state index in [-0.39, 0.29) is 5.91 Å². The van der Waals surface area contributed by atoms with Crippen LogP contribution in [0.25, 0.3) is 11.3 Å². The summed E-state index contributed by atoms with van der Waals surface area (Å²) >= 11 is 0. The summed E-state index contributed by atoms with van der Waals surface area (Å²) in [6.07, 6.45) is 3.21. The monoisotopic (exact) mass is 281 g/mol. The lowest BCUT2D eigenvalue weighted by Gasteiger charge is -2.05. The van der Waals surface area contributed by atoms with Gasteiger partial charge in [0.1, 0.15) is 17.8 Å². The van der Waals surface area contributed by atoms with Crippen LogP contribution in [0.4, 0.5) is 0 Å². The molecular weight excluding hydrogens is 266 g/mol. The van der Waals surface area contributed by atoms with Crippen molar-refractivity contribution in [2.45, 2.75) is 13.5 Å². The fraction of sp³-hybridized carbons (Fsp3) is 0.118. The Kier molecular flexibility index (Phi) is 3.60. The van der Waals surface area contributed by atoms with Gasteiger partial charge in [-0.1, -0.05) is 18.2 Å². The van der Waals surface area contributed by atoms with Crippen molar-refractivity contribution in [3.63, 3.8) is 0 Å². The lowest BCUT2D eigenvalue weighted by Crippen LogP contribution is -2.23.